The zero-order valence-electron chi connectivity index (χ0n) is 39.1. The fourth-order valence-electron chi connectivity index (χ4n) is 11.0. The van der Waals surface area contributed by atoms with E-state index in [0.29, 0.717) is 31.3 Å². The van der Waals surface area contributed by atoms with E-state index in [1.807, 2.05) is 32.9 Å². The maximum Gasteiger partial charge on any atom is 0.316 e. The second kappa shape index (κ2) is 19.8. The largest absolute Gasteiger partial charge is 0.462 e. The second-order valence-electron chi connectivity index (χ2n) is 19.6. The number of methoxy groups -OCH3 is 2. The molecule has 16 nitrogen and oxygen atoms in total. The molecule has 16 heteroatoms. The van der Waals surface area contributed by atoms with E-state index in [2.05, 4.69) is 26.8 Å². The van der Waals surface area contributed by atoms with Gasteiger partial charge in [0.1, 0.15) is 53.7 Å². The molecule has 0 aromatic heterocycles. The number of hydrogen-bond acceptors (Lipinski definition) is 16. The van der Waals surface area contributed by atoms with E-state index < -0.39 is 127 Å². The van der Waals surface area contributed by atoms with Crippen molar-refractivity contribution < 1.29 is 77.7 Å². The molecule has 7 rings (SSSR count). The summed E-state index contributed by atoms with van der Waals surface area (Å²) in [6.07, 6.45) is 1.75. The summed E-state index contributed by atoms with van der Waals surface area (Å²) in [5, 5.41) is 58.5. The molecule has 0 radical (unpaired) electrons. The van der Waals surface area contributed by atoms with Gasteiger partial charge in [0.15, 0.2) is 18.4 Å². The molecule has 0 aromatic carbocycles. The van der Waals surface area contributed by atoms with Crippen molar-refractivity contribution in [2.75, 3.05) is 20.8 Å². The summed E-state index contributed by atoms with van der Waals surface area (Å²) in [5.74, 6) is -3.65. The average Bonchev–Trinajstić information content (AvgIpc) is 3.55. The first-order valence-corrected chi connectivity index (χ1v) is 23.3. The van der Waals surface area contributed by atoms with Gasteiger partial charge < -0.3 is 72.9 Å². The number of carbonyl (C=O) groups is 1. The number of ether oxygens (including phenoxy) is 10. The van der Waals surface area contributed by atoms with Crippen molar-refractivity contribution in [2.24, 2.45) is 23.7 Å². The molecule has 0 amide bonds. The monoisotopic (exact) mass is 906 g/mol. The molecule has 6 aliphatic heterocycles. The summed E-state index contributed by atoms with van der Waals surface area (Å²) in [6, 6.07) is 0. The van der Waals surface area contributed by atoms with E-state index in [1.54, 1.807) is 34.1 Å². The molecule has 7 aliphatic rings. The van der Waals surface area contributed by atoms with Gasteiger partial charge in [0.05, 0.1) is 49.3 Å². The summed E-state index contributed by atoms with van der Waals surface area (Å²) in [7, 11) is 3.15. The molecule has 2 unspecified atom stereocenters. The molecule has 4 fully saturated rings. The maximum atomic E-state index is 14.4. The van der Waals surface area contributed by atoms with Gasteiger partial charge in [0, 0.05) is 51.7 Å². The highest BCUT2D eigenvalue weighted by molar-refractivity contribution is 5.78. The van der Waals surface area contributed by atoms with Crippen molar-refractivity contribution in [2.45, 2.75) is 203 Å². The summed E-state index contributed by atoms with van der Waals surface area (Å²) in [6.45, 7) is 14.9. The molecular weight excluding hydrogens is 833 g/mol. The minimum atomic E-state index is -2.48. The van der Waals surface area contributed by atoms with E-state index in [-0.39, 0.29) is 24.4 Å². The molecule has 0 saturated carbocycles. The van der Waals surface area contributed by atoms with Crippen LogP contribution >= 0.6 is 0 Å². The predicted octanol–water partition coefficient (Wildman–Crippen LogP) is 3.54. The third-order valence-corrected chi connectivity index (χ3v) is 15.1. The van der Waals surface area contributed by atoms with Crippen molar-refractivity contribution in [3.63, 3.8) is 0 Å². The third kappa shape index (κ3) is 9.49. The lowest BCUT2D eigenvalue weighted by Gasteiger charge is -2.49. The smallest absolute Gasteiger partial charge is 0.316 e. The number of rotatable bonds is 8. The topological polar surface area (TPSA) is 211 Å². The fraction of sp³-hybridized carbons (Fsp3) is 0.812. The summed E-state index contributed by atoms with van der Waals surface area (Å²) < 4.78 is 63.2. The van der Waals surface area contributed by atoms with Crippen LogP contribution in [0.4, 0.5) is 0 Å². The lowest BCUT2D eigenvalue weighted by molar-refractivity contribution is -0.318. The Morgan fingerprint density at radius 3 is 2.23 bits per heavy atom. The van der Waals surface area contributed by atoms with Crippen LogP contribution in [0.2, 0.25) is 0 Å². The molecular formula is C48H74O16. The van der Waals surface area contributed by atoms with Gasteiger partial charge in [-0.2, -0.15) is 0 Å². The summed E-state index contributed by atoms with van der Waals surface area (Å²) in [5.41, 5.74) is -3.72. The highest BCUT2D eigenvalue weighted by Crippen LogP contribution is 2.50. The van der Waals surface area contributed by atoms with Gasteiger partial charge >= 0.3 is 5.97 Å². The first-order chi connectivity index (χ1) is 30.3. The lowest BCUT2D eigenvalue weighted by Crippen LogP contribution is -2.70. The Morgan fingerprint density at radius 2 is 1.53 bits per heavy atom. The van der Waals surface area contributed by atoms with Crippen LogP contribution in [0.15, 0.2) is 47.6 Å². The van der Waals surface area contributed by atoms with Crippen LogP contribution < -0.4 is 0 Å². The highest BCUT2D eigenvalue weighted by atomic mass is 16.7. The Kier molecular flexibility index (Phi) is 15.4. The molecule has 4 saturated heterocycles. The van der Waals surface area contributed by atoms with Gasteiger partial charge in [0.25, 0.3) is 0 Å². The van der Waals surface area contributed by atoms with Crippen molar-refractivity contribution in [1.82, 2.24) is 0 Å². The van der Waals surface area contributed by atoms with Gasteiger partial charge in [-0.3, -0.25) is 4.79 Å². The van der Waals surface area contributed by atoms with E-state index in [9.17, 15) is 30.3 Å². The maximum absolute atomic E-state index is 14.4. The van der Waals surface area contributed by atoms with Crippen LogP contribution in [0.1, 0.15) is 93.9 Å². The van der Waals surface area contributed by atoms with Gasteiger partial charge in [-0.25, -0.2) is 0 Å². The molecule has 1 spiro atoms. The van der Waals surface area contributed by atoms with Crippen LogP contribution in [0.3, 0.4) is 0 Å². The van der Waals surface area contributed by atoms with Gasteiger partial charge in [-0.15, -0.1) is 0 Å². The molecule has 6 heterocycles. The zero-order valence-corrected chi connectivity index (χ0v) is 39.1. The van der Waals surface area contributed by atoms with Crippen LogP contribution in [-0.2, 0) is 52.2 Å². The molecule has 2 bridgehead atoms. The Balaban J connectivity index is 1.20. The van der Waals surface area contributed by atoms with Gasteiger partial charge in [0.2, 0.25) is 0 Å². The van der Waals surface area contributed by atoms with Crippen LogP contribution in [0, 0.1) is 23.7 Å². The van der Waals surface area contributed by atoms with E-state index in [0.717, 1.165) is 12.0 Å². The second-order valence-corrected chi connectivity index (χ2v) is 19.6. The zero-order chi connectivity index (χ0) is 46.5. The third-order valence-electron chi connectivity index (χ3n) is 15.1. The molecule has 22 atom stereocenters. The Morgan fingerprint density at radius 1 is 0.844 bits per heavy atom. The van der Waals surface area contributed by atoms with Crippen LogP contribution in [0.5, 0.6) is 0 Å². The van der Waals surface area contributed by atoms with E-state index in [4.69, 9.17) is 47.4 Å². The van der Waals surface area contributed by atoms with E-state index in [1.165, 1.54) is 12.2 Å². The fourth-order valence-corrected chi connectivity index (χ4v) is 11.0. The number of aliphatic hydroxyl groups excluding tert-OH is 3. The molecule has 1 aliphatic carbocycles. The van der Waals surface area contributed by atoms with E-state index >= 15 is 0 Å². The number of aliphatic hydroxyl groups is 5. The SMILES string of the molecule is CC[C@H](C)[C@H]1O[C@]2(C=C[C@@H]1C)C[C@@H]1C[C@@H](C/C=C(\C)[C@@H](O[C@@H]3C[C@@H](OC)[C@H](O[C@@H]4C[C@@H](OC)[C@H](O)[C@@H](C)O4)[C@@H](C)O3)[C@@H](C)/C=C/C(O)[C@]3(O)COC4[C@H](O)C(C)=C[C@@H](C(=O)O1)[C@@]43O)O2. The predicted molar refractivity (Wildman–Crippen MR) is 230 cm³/mol. The van der Waals surface area contributed by atoms with Crippen molar-refractivity contribution in [3.05, 3.63) is 47.6 Å². The molecule has 5 N–H and O–H groups in total. The number of carbonyl (C=O) groups excluding carboxylic acids is 1. The van der Waals surface area contributed by atoms with Crippen molar-refractivity contribution in [1.29, 1.82) is 0 Å². The van der Waals surface area contributed by atoms with Crippen molar-refractivity contribution in [3.8, 4) is 0 Å². The minimum Gasteiger partial charge on any atom is -0.462 e. The number of hydrogen-bond donors (Lipinski definition) is 5. The number of esters is 1. The van der Waals surface area contributed by atoms with Crippen molar-refractivity contribution >= 4 is 5.97 Å². The van der Waals surface area contributed by atoms with Crippen LogP contribution in [-0.4, -0.2) is 161 Å². The normalized spacial score (nSPS) is 50.8. The first kappa shape index (κ1) is 49.8. The molecule has 0 aromatic rings. The first-order valence-electron chi connectivity index (χ1n) is 23.3. The van der Waals surface area contributed by atoms with Gasteiger partial charge in [-0.1, -0.05) is 64.5 Å². The average molecular weight is 907 g/mol. The lowest BCUT2D eigenvalue weighted by atomic mass is 9.64. The molecule has 64 heavy (non-hydrogen) atoms. The minimum absolute atomic E-state index is 0.121. The number of fused-ring (bicyclic) bond motifs is 2. The summed E-state index contributed by atoms with van der Waals surface area (Å²) in [4.78, 5) is 14.4. The summed E-state index contributed by atoms with van der Waals surface area (Å²) >= 11 is 0. The standard InChI is InChI=1S/C48H74O16/c1-11-24(2)42-27(5)16-17-46(64-42)22-32-19-31(63-46)14-12-25(3)41(61-38-21-35(56-10)43(30(8)59-38)62-37-20-34(55-9)40(51)29(7)58-37)26(4)13-15-36(49)47(53)23-57-44-39(50)28(6)18-33(45(52)60-32)48(44,47)54/h12-13,15-18,24,26-27,29-44,49-51,53-54H,11,14,19-23H2,1-10H3/b15-13+,25-12+/t24-,26-,27-,29+,30+,31+,32-,33-,34+,35+,36?,37+,38+,39+,40+,41+,42+,43+,44?,46+,47+,48+/m0/s1. The van der Waals surface area contributed by atoms with Crippen LogP contribution in [0.25, 0.3) is 0 Å². The van der Waals surface area contributed by atoms with Gasteiger partial charge in [-0.05, 0) is 57.3 Å². The Labute approximate surface area is 377 Å². The molecule has 362 valence electrons. The Bertz CT molecular complexity index is 1750. The quantitative estimate of drug-likeness (QED) is 0.174. The highest BCUT2D eigenvalue weighted by Gasteiger charge is 2.71. The Hall–Kier alpha value is -2.13.